The molecule has 2 aromatic rings. The highest BCUT2D eigenvalue weighted by atomic mass is 79.9. The molecule has 8 nitrogen and oxygen atoms in total. The number of halogens is 4. The Morgan fingerprint density at radius 3 is 2.79 bits per heavy atom. The van der Waals surface area contributed by atoms with Crippen LogP contribution in [0.25, 0.3) is 10.9 Å². The zero-order valence-electron chi connectivity index (χ0n) is 22.9. The molecule has 3 aliphatic heterocycles. The van der Waals surface area contributed by atoms with Crippen molar-refractivity contribution in [3.8, 4) is 6.01 Å². The number of nitrogens with zero attached hydrogens (tertiary/aromatic N) is 5. The van der Waals surface area contributed by atoms with Gasteiger partial charge in [-0.15, -0.1) is 0 Å². The first kappa shape index (κ1) is 28.5. The molecule has 0 N–H and O–H groups in total. The van der Waals surface area contributed by atoms with Gasteiger partial charge in [0.15, 0.2) is 5.82 Å². The molecule has 214 valence electrons. The van der Waals surface area contributed by atoms with Crippen LogP contribution >= 0.6 is 27.5 Å². The quantitative estimate of drug-likeness (QED) is 0.377. The first-order valence-electron chi connectivity index (χ1n) is 13.4. The number of carbonyl (C=O) groups excluding carboxylic acids is 1. The van der Waals surface area contributed by atoms with E-state index < -0.39 is 23.1 Å². The van der Waals surface area contributed by atoms with Crippen molar-refractivity contribution in [3.63, 3.8) is 0 Å². The van der Waals surface area contributed by atoms with E-state index in [2.05, 4.69) is 25.8 Å². The molecule has 0 bridgehead atoms. The van der Waals surface area contributed by atoms with Crippen molar-refractivity contribution >= 4 is 50.3 Å². The lowest BCUT2D eigenvalue weighted by atomic mass is 9.95. The molecule has 4 heterocycles. The predicted molar refractivity (Wildman–Crippen MR) is 150 cm³/mol. The van der Waals surface area contributed by atoms with Crippen LogP contribution in [-0.2, 0) is 4.74 Å². The summed E-state index contributed by atoms with van der Waals surface area (Å²) < 4.78 is 41.5. The van der Waals surface area contributed by atoms with Gasteiger partial charge in [0, 0.05) is 31.9 Å². The molecule has 3 fully saturated rings. The summed E-state index contributed by atoms with van der Waals surface area (Å²) in [5.41, 5.74) is -0.923. The third-order valence-corrected chi connectivity index (χ3v) is 9.49. The molecule has 4 atom stereocenters. The van der Waals surface area contributed by atoms with Crippen LogP contribution in [0.2, 0.25) is 5.02 Å². The number of alkyl halides is 1. The zero-order valence-corrected chi connectivity index (χ0v) is 25.3. The number of hydrogen-bond donors (Lipinski definition) is 0. The summed E-state index contributed by atoms with van der Waals surface area (Å²) >= 11 is 9.56. The number of rotatable bonds is 5. The predicted octanol–water partition coefficient (Wildman–Crippen LogP) is 5.97. The fourth-order valence-corrected chi connectivity index (χ4v) is 6.79. The molecular formula is C27H35BrClF2N5O3. The van der Waals surface area contributed by atoms with E-state index in [1.54, 1.807) is 11.0 Å². The number of carbonyl (C=O) groups is 1. The number of ether oxygens (including phenoxy) is 2. The van der Waals surface area contributed by atoms with Crippen molar-refractivity contribution in [2.45, 2.75) is 82.8 Å². The van der Waals surface area contributed by atoms with E-state index in [1.807, 2.05) is 39.6 Å². The molecule has 1 aromatic heterocycles. The van der Waals surface area contributed by atoms with Crippen LogP contribution in [0.3, 0.4) is 0 Å². The second-order valence-electron chi connectivity index (χ2n) is 12.0. The second-order valence-corrected chi connectivity index (χ2v) is 13.2. The van der Waals surface area contributed by atoms with Crippen LogP contribution in [0.5, 0.6) is 6.01 Å². The summed E-state index contributed by atoms with van der Waals surface area (Å²) in [6.45, 7) is 9.46. The Balaban J connectivity index is 1.47. The van der Waals surface area contributed by atoms with E-state index in [-0.39, 0.29) is 45.8 Å². The number of aromatic nitrogens is 2. The molecule has 1 amide bonds. The van der Waals surface area contributed by atoms with Gasteiger partial charge in [-0.05, 0) is 75.5 Å². The number of amides is 1. The highest BCUT2D eigenvalue weighted by molar-refractivity contribution is 9.10. The maximum absolute atomic E-state index is 15.4. The standard InChI is InChI=1S/C27H35BrClF2N5O3/c1-15-19(7-10-36(15)25(37)39-26(2,3)4)34(5)23-17-11-18(29)20(28)21(31)22(17)32-24(33-23)38-14-27-8-6-9-35(27)13-16(30)12-27/h11,15-16,19H,6-10,12-14H2,1-5H3/t15?,16-,19?,27+/m1/s1. The van der Waals surface area contributed by atoms with Crippen molar-refractivity contribution < 1.29 is 23.0 Å². The van der Waals surface area contributed by atoms with Gasteiger partial charge in [0.25, 0.3) is 0 Å². The maximum Gasteiger partial charge on any atom is 0.410 e. The normalized spacial score (nSPS) is 27.3. The Morgan fingerprint density at radius 2 is 2.08 bits per heavy atom. The molecule has 0 spiro atoms. The van der Waals surface area contributed by atoms with Crippen LogP contribution in [0, 0.1) is 5.82 Å². The SMILES string of the molecule is CC1C(N(C)c2nc(OC[C@@]34CCCN3C[C@H](F)C4)nc3c(F)c(Br)c(Cl)cc23)CCN1C(=O)OC(C)(C)C. The van der Waals surface area contributed by atoms with E-state index >= 15 is 4.39 Å². The molecule has 2 unspecified atom stereocenters. The van der Waals surface area contributed by atoms with Crippen LogP contribution in [0.1, 0.15) is 53.4 Å². The fraction of sp³-hybridized carbons (Fsp3) is 0.667. The van der Waals surface area contributed by atoms with Crippen molar-refractivity contribution in [1.29, 1.82) is 0 Å². The molecule has 0 radical (unpaired) electrons. The maximum atomic E-state index is 15.4. The summed E-state index contributed by atoms with van der Waals surface area (Å²) in [7, 11) is 1.86. The van der Waals surface area contributed by atoms with Gasteiger partial charge in [-0.2, -0.15) is 9.97 Å². The fourth-order valence-electron chi connectivity index (χ4n) is 6.29. The van der Waals surface area contributed by atoms with Gasteiger partial charge in [0.1, 0.15) is 29.7 Å². The lowest BCUT2D eigenvalue weighted by Crippen LogP contribution is -2.45. The van der Waals surface area contributed by atoms with Gasteiger partial charge in [-0.1, -0.05) is 11.6 Å². The molecule has 39 heavy (non-hydrogen) atoms. The largest absolute Gasteiger partial charge is 0.461 e. The Labute approximate surface area is 241 Å². The van der Waals surface area contributed by atoms with E-state index in [1.165, 1.54) is 0 Å². The number of fused-ring (bicyclic) bond motifs is 2. The van der Waals surface area contributed by atoms with Crippen LogP contribution in [-0.4, -0.2) is 88.5 Å². The van der Waals surface area contributed by atoms with Crippen LogP contribution in [0.15, 0.2) is 10.5 Å². The van der Waals surface area contributed by atoms with Gasteiger partial charge in [-0.3, -0.25) is 4.90 Å². The van der Waals surface area contributed by atoms with Gasteiger partial charge in [0.2, 0.25) is 0 Å². The van der Waals surface area contributed by atoms with Crippen molar-refractivity contribution in [2.75, 3.05) is 38.2 Å². The molecule has 0 aliphatic carbocycles. The van der Waals surface area contributed by atoms with Crippen molar-refractivity contribution in [2.24, 2.45) is 0 Å². The Morgan fingerprint density at radius 1 is 1.33 bits per heavy atom. The highest BCUT2D eigenvalue weighted by Crippen LogP contribution is 2.41. The highest BCUT2D eigenvalue weighted by Gasteiger charge is 2.49. The minimum atomic E-state index is -0.888. The minimum Gasteiger partial charge on any atom is -0.461 e. The molecule has 3 saturated heterocycles. The molecule has 5 rings (SSSR count). The zero-order chi connectivity index (χ0) is 28.3. The molecule has 1 aromatic carbocycles. The number of hydrogen-bond acceptors (Lipinski definition) is 7. The first-order chi connectivity index (χ1) is 18.3. The first-order valence-corrected chi connectivity index (χ1v) is 14.6. The summed E-state index contributed by atoms with van der Waals surface area (Å²) in [6.07, 6.45) is 1.63. The van der Waals surface area contributed by atoms with Crippen LogP contribution < -0.4 is 9.64 Å². The van der Waals surface area contributed by atoms with Gasteiger partial charge in [-0.25, -0.2) is 13.6 Å². The van der Waals surface area contributed by atoms with Gasteiger partial charge < -0.3 is 19.3 Å². The molecule has 0 saturated carbocycles. The number of likely N-dealkylation sites (tertiary alicyclic amines) is 1. The molecule has 12 heteroatoms. The van der Waals surface area contributed by atoms with Crippen molar-refractivity contribution in [1.82, 2.24) is 19.8 Å². The third-order valence-electron chi connectivity index (χ3n) is 8.19. The van der Waals surface area contributed by atoms with Gasteiger partial charge in [0.05, 0.1) is 27.1 Å². The Bertz CT molecular complexity index is 1280. The Kier molecular flexibility index (Phi) is 7.65. The molecular weight excluding hydrogens is 596 g/mol. The lowest BCUT2D eigenvalue weighted by molar-refractivity contribution is 0.0233. The average Bonchev–Trinajstić information content (AvgIpc) is 3.51. The number of benzene rings is 1. The van der Waals surface area contributed by atoms with E-state index in [4.69, 9.17) is 26.1 Å². The van der Waals surface area contributed by atoms with E-state index in [0.29, 0.717) is 37.1 Å². The smallest absolute Gasteiger partial charge is 0.410 e. The van der Waals surface area contributed by atoms with Gasteiger partial charge >= 0.3 is 12.1 Å². The van der Waals surface area contributed by atoms with E-state index in [0.717, 1.165) is 19.4 Å². The van der Waals surface area contributed by atoms with Crippen LogP contribution in [0.4, 0.5) is 19.4 Å². The number of anilines is 1. The monoisotopic (exact) mass is 629 g/mol. The minimum absolute atomic E-state index is 0.0238. The summed E-state index contributed by atoms with van der Waals surface area (Å²) in [4.78, 5) is 27.8. The lowest BCUT2D eigenvalue weighted by Gasteiger charge is -2.33. The Hall–Kier alpha value is -1.98. The number of likely N-dealkylation sites (N-methyl/N-ethyl adjacent to an activating group) is 1. The average molecular weight is 631 g/mol. The van der Waals surface area contributed by atoms with Crippen molar-refractivity contribution in [3.05, 3.63) is 21.4 Å². The topological polar surface area (TPSA) is 71.0 Å². The molecule has 3 aliphatic rings. The summed E-state index contributed by atoms with van der Waals surface area (Å²) in [5.74, 6) is -0.165. The summed E-state index contributed by atoms with van der Waals surface area (Å²) in [5, 5.41) is 0.631. The third kappa shape index (κ3) is 5.38. The summed E-state index contributed by atoms with van der Waals surface area (Å²) in [6, 6.07) is 1.34. The van der Waals surface area contributed by atoms with E-state index in [9.17, 15) is 9.18 Å². The second kappa shape index (κ2) is 10.4.